The molecule has 0 spiro atoms. The zero-order valence-electron chi connectivity index (χ0n) is 10.7. The zero-order valence-corrected chi connectivity index (χ0v) is 11.5. The maximum absolute atomic E-state index is 13.6. The molecule has 0 aromatic heterocycles. The lowest BCUT2D eigenvalue weighted by molar-refractivity contribution is -0.118. The minimum absolute atomic E-state index is 0.00621. The smallest absolute Gasteiger partial charge is 0.339 e. The van der Waals surface area contributed by atoms with Crippen molar-refractivity contribution in [2.45, 2.75) is 11.8 Å². The van der Waals surface area contributed by atoms with Gasteiger partial charge in [0.1, 0.15) is 5.82 Å². The van der Waals surface area contributed by atoms with Gasteiger partial charge in [0.2, 0.25) is 5.91 Å². The molecule has 1 aromatic carbocycles. The van der Waals surface area contributed by atoms with Crippen LogP contribution in [0.2, 0.25) is 0 Å². The number of benzene rings is 1. The quantitative estimate of drug-likeness (QED) is 0.486. The van der Waals surface area contributed by atoms with Gasteiger partial charge in [-0.1, -0.05) is 0 Å². The number of nitrogens with one attached hydrogen (secondary N) is 1. The summed E-state index contributed by atoms with van der Waals surface area (Å²) in [4.78, 5) is 22.9. The first-order valence-corrected chi connectivity index (χ1v) is 6.55. The highest BCUT2D eigenvalue weighted by Gasteiger charge is 2.15. The molecule has 0 saturated carbocycles. The summed E-state index contributed by atoms with van der Waals surface area (Å²) < 4.78 is 18.2. The number of nitrogen functional groups attached to an aromatic ring is 1. The fourth-order valence-corrected chi connectivity index (χ4v) is 2.14. The molecule has 19 heavy (non-hydrogen) atoms. The van der Waals surface area contributed by atoms with E-state index in [-0.39, 0.29) is 27.8 Å². The first-order chi connectivity index (χ1) is 8.99. The number of esters is 1. The first kappa shape index (κ1) is 15.3. The number of rotatable bonds is 5. The van der Waals surface area contributed by atoms with Gasteiger partial charge in [0.05, 0.1) is 18.4 Å². The van der Waals surface area contributed by atoms with E-state index in [2.05, 4.69) is 10.1 Å². The van der Waals surface area contributed by atoms with E-state index in [4.69, 9.17) is 5.73 Å². The SMILES string of the molecule is CCNC(=O)CSc1cc(C(=O)OC)c(N)cc1F. The van der Waals surface area contributed by atoms with Gasteiger partial charge in [0.25, 0.3) is 0 Å². The summed E-state index contributed by atoms with van der Waals surface area (Å²) in [6, 6.07) is 2.34. The monoisotopic (exact) mass is 286 g/mol. The third kappa shape index (κ3) is 4.13. The van der Waals surface area contributed by atoms with E-state index in [1.54, 1.807) is 6.92 Å². The largest absolute Gasteiger partial charge is 0.465 e. The van der Waals surface area contributed by atoms with Crippen molar-refractivity contribution in [3.63, 3.8) is 0 Å². The highest BCUT2D eigenvalue weighted by Crippen LogP contribution is 2.27. The molecule has 0 radical (unpaired) electrons. The maximum Gasteiger partial charge on any atom is 0.339 e. The molecule has 5 nitrogen and oxygen atoms in total. The molecule has 104 valence electrons. The van der Waals surface area contributed by atoms with Crippen molar-refractivity contribution in [3.8, 4) is 0 Å². The number of methoxy groups -OCH3 is 1. The molecular formula is C12H15FN2O3S. The Labute approximate surface area is 114 Å². The molecule has 0 fully saturated rings. The number of thioether (sulfide) groups is 1. The topological polar surface area (TPSA) is 81.4 Å². The van der Waals surface area contributed by atoms with Gasteiger partial charge in [-0.2, -0.15) is 0 Å². The number of ether oxygens (including phenoxy) is 1. The third-order valence-corrected chi connectivity index (χ3v) is 3.27. The number of halogens is 1. The Morgan fingerprint density at radius 3 is 2.74 bits per heavy atom. The highest BCUT2D eigenvalue weighted by atomic mass is 32.2. The number of carbonyl (C=O) groups is 2. The third-order valence-electron chi connectivity index (χ3n) is 2.24. The van der Waals surface area contributed by atoms with Crippen molar-refractivity contribution in [1.82, 2.24) is 5.32 Å². The molecule has 0 heterocycles. The van der Waals surface area contributed by atoms with Crippen molar-refractivity contribution in [1.29, 1.82) is 0 Å². The van der Waals surface area contributed by atoms with Crippen molar-refractivity contribution in [2.24, 2.45) is 0 Å². The molecule has 1 aromatic rings. The average Bonchev–Trinajstić information content (AvgIpc) is 2.37. The van der Waals surface area contributed by atoms with Crippen LogP contribution in [0.15, 0.2) is 17.0 Å². The summed E-state index contributed by atoms with van der Waals surface area (Å²) in [5.41, 5.74) is 5.63. The lowest BCUT2D eigenvalue weighted by Gasteiger charge is -2.08. The summed E-state index contributed by atoms with van der Waals surface area (Å²) in [5.74, 6) is -1.35. The van der Waals surface area contributed by atoms with Gasteiger partial charge in [-0.25, -0.2) is 9.18 Å². The van der Waals surface area contributed by atoms with Crippen LogP contribution in [0.25, 0.3) is 0 Å². The molecule has 0 atom stereocenters. The number of anilines is 1. The van der Waals surface area contributed by atoms with Crippen LogP contribution < -0.4 is 11.1 Å². The van der Waals surface area contributed by atoms with Crippen LogP contribution >= 0.6 is 11.8 Å². The summed E-state index contributed by atoms with van der Waals surface area (Å²) in [6.45, 7) is 2.30. The number of nitrogens with two attached hydrogens (primary N) is 1. The lowest BCUT2D eigenvalue weighted by atomic mass is 10.2. The number of carbonyl (C=O) groups excluding carboxylic acids is 2. The average molecular weight is 286 g/mol. The van der Waals surface area contributed by atoms with Gasteiger partial charge < -0.3 is 15.8 Å². The van der Waals surface area contributed by atoms with E-state index in [1.807, 2.05) is 0 Å². The molecule has 0 aliphatic carbocycles. The van der Waals surface area contributed by atoms with Gasteiger partial charge in [-0.15, -0.1) is 11.8 Å². The van der Waals surface area contributed by atoms with Gasteiger partial charge in [-0.05, 0) is 19.1 Å². The molecule has 3 N–H and O–H groups in total. The molecule has 7 heteroatoms. The van der Waals surface area contributed by atoms with Crippen LogP contribution in [0.5, 0.6) is 0 Å². The Bertz CT molecular complexity index is 494. The van der Waals surface area contributed by atoms with Gasteiger partial charge in [0, 0.05) is 17.1 Å². The second-order valence-corrected chi connectivity index (χ2v) is 4.62. The predicted octanol–water partition coefficient (Wildman–Crippen LogP) is 1.42. The fourth-order valence-electron chi connectivity index (χ4n) is 1.36. The molecule has 1 rings (SSSR count). The van der Waals surface area contributed by atoms with Crippen LogP contribution in [-0.2, 0) is 9.53 Å². The van der Waals surface area contributed by atoms with Gasteiger partial charge in [-0.3, -0.25) is 4.79 Å². The Hall–Kier alpha value is -1.76. The normalized spacial score (nSPS) is 10.1. The zero-order chi connectivity index (χ0) is 14.4. The van der Waals surface area contributed by atoms with Crippen LogP contribution in [0.3, 0.4) is 0 Å². The van der Waals surface area contributed by atoms with E-state index in [1.165, 1.54) is 13.2 Å². The second-order valence-electron chi connectivity index (χ2n) is 3.60. The maximum atomic E-state index is 13.6. The Balaban J connectivity index is 2.89. The molecule has 0 unspecified atom stereocenters. The van der Waals surface area contributed by atoms with Gasteiger partial charge in [0.15, 0.2) is 0 Å². The van der Waals surface area contributed by atoms with Crippen molar-refractivity contribution in [3.05, 3.63) is 23.5 Å². The van der Waals surface area contributed by atoms with E-state index in [0.717, 1.165) is 17.8 Å². The van der Waals surface area contributed by atoms with E-state index in [0.29, 0.717) is 6.54 Å². The Morgan fingerprint density at radius 1 is 1.47 bits per heavy atom. The molecule has 1 amide bonds. The van der Waals surface area contributed by atoms with Crippen LogP contribution in [0.1, 0.15) is 17.3 Å². The van der Waals surface area contributed by atoms with Crippen LogP contribution in [0.4, 0.5) is 10.1 Å². The van der Waals surface area contributed by atoms with E-state index < -0.39 is 11.8 Å². The summed E-state index contributed by atoms with van der Waals surface area (Å²) in [5, 5.41) is 2.60. The van der Waals surface area contributed by atoms with Crippen LogP contribution in [-0.4, -0.2) is 31.3 Å². The fraction of sp³-hybridized carbons (Fsp3) is 0.333. The summed E-state index contributed by atoms with van der Waals surface area (Å²) >= 11 is 0.995. The molecule has 0 saturated heterocycles. The number of amides is 1. The molecule has 0 aliphatic heterocycles. The highest BCUT2D eigenvalue weighted by molar-refractivity contribution is 8.00. The van der Waals surface area contributed by atoms with E-state index in [9.17, 15) is 14.0 Å². The predicted molar refractivity (Wildman–Crippen MR) is 71.6 cm³/mol. The molecular weight excluding hydrogens is 271 g/mol. The van der Waals surface area contributed by atoms with Crippen molar-refractivity contribution >= 4 is 29.3 Å². The second kappa shape index (κ2) is 6.98. The number of hydrogen-bond acceptors (Lipinski definition) is 5. The number of hydrogen-bond donors (Lipinski definition) is 2. The van der Waals surface area contributed by atoms with Gasteiger partial charge >= 0.3 is 5.97 Å². The minimum atomic E-state index is -0.641. The first-order valence-electron chi connectivity index (χ1n) is 5.56. The lowest BCUT2D eigenvalue weighted by Crippen LogP contribution is -2.24. The van der Waals surface area contributed by atoms with Crippen molar-refractivity contribution in [2.75, 3.05) is 25.1 Å². The molecule has 0 bridgehead atoms. The van der Waals surface area contributed by atoms with E-state index >= 15 is 0 Å². The summed E-state index contributed by atoms with van der Waals surface area (Å²) in [6.07, 6.45) is 0. The van der Waals surface area contributed by atoms with Crippen molar-refractivity contribution < 1.29 is 18.7 Å². The molecule has 0 aliphatic rings. The minimum Gasteiger partial charge on any atom is -0.465 e. The Kier molecular flexibility index (Phi) is 5.62. The van der Waals surface area contributed by atoms with Crippen LogP contribution in [0, 0.1) is 5.82 Å². The summed E-state index contributed by atoms with van der Waals surface area (Å²) in [7, 11) is 1.21. The standard InChI is InChI=1S/C12H15FN2O3S/c1-3-15-11(16)6-19-10-4-7(12(17)18-2)9(14)5-8(10)13/h4-5H,3,6,14H2,1-2H3,(H,15,16). The Morgan fingerprint density at radius 2 is 2.16 bits per heavy atom.